The molecule has 3 N–H and O–H groups in total. The zero-order valence-corrected chi connectivity index (χ0v) is 15.4. The highest BCUT2D eigenvalue weighted by Gasteiger charge is 2.18. The Morgan fingerprint density at radius 2 is 2.00 bits per heavy atom. The first-order chi connectivity index (χ1) is 13.2. The molecule has 0 bridgehead atoms. The van der Waals surface area contributed by atoms with Gasteiger partial charge in [-0.3, -0.25) is 0 Å². The molecule has 1 aliphatic carbocycles. The van der Waals surface area contributed by atoms with E-state index in [1.807, 2.05) is 0 Å². The minimum Gasteiger partial charge on any atom is -0.378 e. The minimum absolute atomic E-state index is 0.169. The van der Waals surface area contributed by atoms with Crippen molar-refractivity contribution >= 4 is 29.2 Å². The van der Waals surface area contributed by atoms with Gasteiger partial charge in [-0.1, -0.05) is 6.07 Å². The first-order valence-corrected chi connectivity index (χ1v) is 9.30. The number of aromatic nitrogens is 2. The van der Waals surface area contributed by atoms with Crippen LogP contribution in [0.3, 0.4) is 0 Å². The number of morpholine rings is 1. The first kappa shape index (κ1) is 17.5. The second-order valence-electron chi connectivity index (χ2n) is 6.70. The first-order valence-electron chi connectivity index (χ1n) is 9.30. The number of amides is 2. The molecule has 142 valence electrons. The Balaban J connectivity index is 1.46. The van der Waals surface area contributed by atoms with Gasteiger partial charge < -0.3 is 25.6 Å². The lowest BCUT2D eigenvalue weighted by Crippen LogP contribution is -2.43. The van der Waals surface area contributed by atoms with Gasteiger partial charge in [0.25, 0.3) is 0 Å². The smallest absolute Gasteiger partial charge is 0.322 e. The van der Waals surface area contributed by atoms with Crippen LogP contribution in [0.25, 0.3) is 0 Å². The molecule has 0 unspecified atom stereocenters. The summed E-state index contributed by atoms with van der Waals surface area (Å²) in [6.07, 6.45) is 5.12. The summed E-state index contributed by atoms with van der Waals surface area (Å²) in [4.78, 5) is 22.9. The van der Waals surface area contributed by atoms with Crippen LogP contribution in [-0.4, -0.2) is 54.2 Å². The quantitative estimate of drug-likeness (QED) is 0.768. The maximum absolute atomic E-state index is 12.4. The van der Waals surface area contributed by atoms with Gasteiger partial charge in [-0.15, -0.1) is 0 Å². The second-order valence-corrected chi connectivity index (χ2v) is 6.70. The summed E-state index contributed by atoms with van der Waals surface area (Å²) in [5, 5.41) is 9.15. The van der Waals surface area contributed by atoms with E-state index in [2.05, 4.69) is 44.1 Å². The van der Waals surface area contributed by atoms with Gasteiger partial charge in [0.15, 0.2) is 5.82 Å². The summed E-state index contributed by atoms with van der Waals surface area (Å²) in [5.41, 5.74) is 4.35. The highest BCUT2D eigenvalue weighted by Crippen LogP contribution is 2.27. The van der Waals surface area contributed by atoms with E-state index < -0.39 is 0 Å². The topological polar surface area (TPSA) is 91.4 Å². The number of carbonyl (C=O) groups excluding carboxylic acids is 1. The number of fused-ring (bicyclic) bond motifs is 1. The van der Waals surface area contributed by atoms with Gasteiger partial charge >= 0.3 is 6.03 Å². The van der Waals surface area contributed by atoms with Crippen LogP contribution in [0.4, 0.5) is 27.9 Å². The van der Waals surface area contributed by atoms with Crippen molar-refractivity contribution in [3.05, 3.63) is 35.5 Å². The Morgan fingerprint density at radius 3 is 2.81 bits per heavy atom. The van der Waals surface area contributed by atoms with E-state index in [1.54, 1.807) is 18.1 Å². The third-order valence-corrected chi connectivity index (χ3v) is 4.92. The van der Waals surface area contributed by atoms with Crippen LogP contribution in [0.1, 0.15) is 17.5 Å². The molecule has 1 saturated heterocycles. The van der Waals surface area contributed by atoms with Crippen LogP contribution >= 0.6 is 0 Å². The number of anilines is 4. The van der Waals surface area contributed by atoms with Gasteiger partial charge in [-0.25, -0.2) is 9.78 Å². The Bertz CT molecular complexity index is 835. The van der Waals surface area contributed by atoms with Crippen molar-refractivity contribution in [1.29, 1.82) is 0 Å². The molecule has 1 aromatic carbocycles. The largest absolute Gasteiger partial charge is 0.378 e. The fourth-order valence-corrected chi connectivity index (χ4v) is 3.46. The van der Waals surface area contributed by atoms with Crippen molar-refractivity contribution in [2.24, 2.45) is 0 Å². The van der Waals surface area contributed by atoms with Crippen molar-refractivity contribution in [3.63, 3.8) is 0 Å². The number of rotatable bonds is 4. The van der Waals surface area contributed by atoms with Crippen LogP contribution in [0.15, 0.2) is 24.4 Å². The predicted molar refractivity (Wildman–Crippen MR) is 105 cm³/mol. The molecule has 0 saturated carbocycles. The van der Waals surface area contributed by atoms with Crippen LogP contribution in [0.2, 0.25) is 0 Å². The monoisotopic (exact) mass is 368 g/mol. The van der Waals surface area contributed by atoms with Crippen LogP contribution < -0.4 is 16.0 Å². The zero-order valence-electron chi connectivity index (χ0n) is 15.4. The highest BCUT2D eigenvalue weighted by atomic mass is 16.5. The average molecular weight is 368 g/mol. The molecule has 2 aliphatic rings. The van der Waals surface area contributed by atoms with E-state index in [0.717, 1.165) is 18.5 Å². The van der Waals surface area contributed by atoms with Crippen LogP contribution in [0, 0.1) is 0 Å². The molecule has 0 atom stereocenters. The molecule has 2 aromatic rings. The third kappa shape index (κ3) is 3.95. The Labute approximate surface area is 158 Å². The fourth-order valence-electron chi connectivity index (χ4n) is 3.46. The number of hydrogen-bond acceptors (Lipinski definition) is 6. The Morgan fingerprint density at radius 1 is 1.19 bits per heavy atom. The number of aryl methyl sites for hydroxylation is 2. The van der Waals surface area contributed by atoms with Crippen molar-refractivity contribution in [1.82, 2.24) is 14.9 Å². The summed E-state index contributed by atoms with van der Waals surface area (Å²) < 4.78 is 5.28. The molecule has 8 heteroatoms. The molecule has 0 spiro atoms. The molecule has 27 heavy (non-hydrogen) atoms. The maximum Gasteiger partial charge on any atom is 0.322 e. The SMILES string of the molecule is CNc1nc(Nc2ccc3c(c2)CCC3)ncc1NC(=O)N1CCOCC1. The summed E-state index contributed by atoms with van der Waals surface area (Å²) in [6.45, 7) is 2.29. The number of nitrogens with one attached hydrogen (secondary N) is 3. The van der Waals surface area contributed by atoms with Gasteiger partial charge in [0.05, 0.1) is 19.4 Å². The van der Waals surface area contributed by atoms with E-state index in [0.29, 0.717) is 43.8 Å². The number of carbonyl (C=O) groups is 1. The van der Waals surface area contributed by atoms with Gasteiger partial charge in [0, 0.05) is 25.8 Å². The molecule has 8 nitrogen and oxygen atoms in total. The lowest BCUT2D eigenvalue weighted by Gasteiger charge is -2.27. The van der Waals surface area contributed by atoms with Gasteiger partial charge in [0.1, 0.15) is 5.69 Å². The van der Waals surface area contributed by atoms with E-state index in [-0.39, 0.29) is 6.03 Å². The minimum atomic E-state index is -0.169. The molecule has 2 heterocycles. The molecule has 1 fully saturated rings. The molecule has 2 amide bonds. The van der Waals surface area contributed by atoms with E-state index in [1.165, 1.54) is 17.5 Å². The van der Waals surface area contributed by atoms with Crippen molar-refractivity contribution in [3.8, 4) is 0 Å². The summed E-state index contributed by atoms with van der Waals surface area (Å²) in [7, 11) is 1.77. The molecular weight excluding hydrogens is 344 g/mol. The second kappa shape index (κ2) is 7.79. The Hall–Kier alpha value is -2.87. The maximum atomic E-state index is 12.4. The molecule has 1 aliphatic heterocycles. The lowest BCUT2D eigenvalue weighted by atomic mass is 10.1. The average Bonchev–Trinajstić information content (AvgIpc) is 3.17. The van der Waals surface area contributed by atoms with Gasteiger partial charge in [0.2, 0.25) is 5.95 Å². The van der Waals surface area contributed by atoms with E-state index >= 15 is 0 Å². The highest BCUT2D eigenvalue weighted by molar-refractivity contribution is 5.92. The zero-order chi connectivity index (χ0) is 18.6. The lowest BCUT2D eigenvalue weighted by molar-refractivity contribution is 0.0564. The molecule has 0 radical (unpaired) electrons. The summed E-state index contributed by atoms with van der Waals surface area (Å²) in [5.74, 6) is 1.05. The van der Waals surface area contributed by atoms with Crippen LogP contribution in [-0.2, 0) is 17.6 Å². The number of hydrogen-bond donors (Lipinski definition) is 3. The molecule has 1 aromatic heterocycles. The number of urea groups is 1. The number of ether oxygens (including phenoxy) is 1. The van der Waals surface area contributed by atoms with E-state index in [4.69, 9.17) is 4.74 Å². The van der Waals surface area contributed by atoms with Crippen molar-refractivity contribution < 1.29 is 9.53 Å². The van der Waals surface area contributed by atoms with Crippen molar-refractivity contribution in [2.75, 3.05) is 49.3 Å². The fraction of sp³-hybridized carbons (Fsp3) is 0.421. The normalized spacial score (nSPS) is 16.0. The summed E-state index contributed by atoms with van der Waals surface area (Å²) >= 11 is 0. The van der Waals surface area contributed by atoms with Crippen molar-refractivity contribution in [2.45, 2.75) is 19.3 Å². The molecular formula is C19H24N6O2. The number of benzene rings is 1. The third-order valence-electron chi connectivity index (χ3n) is 4.92. The summed E-state index contributed by atoms with van der Waals surface area (Å²) in [6, 6.07) is 6.22. The van der Waals surface area contributed by atoms with E-state index in [9.17, 15) is 4.79 Å². The standard InChI is InChI=1S/C19H24N6O2/c1-20-17-16(23-19(26)25-7-9-27-10-8-25)12-21-18(24-17)22-15-6-5-13-3-2-4-14(13)11-15/h5-6,11-12H,2-4,7-10H2,1H3,(H,23,26)(H2,20,21,22,24). The predicted octanol–water partition coefficient (Wildman–Crippen LogP) is 2.61. The number of nitrogens with zero attached hydrogens (tertiary/aromatic N) is 3. The van der Waals surface area contributed by atoms with Gasteiger partial charge in [-0.05, 0) is 42.5 Å². The van der Waals surface area contributed by atoms with Gasteiger partial charge in [-0.2, -0.15) is 4.98 Å². The Kier molecular flexibility index (Phi) is 5.06. The van der Waals surface area contributed by atoms with Crippen LogP contribution in [0.5, 0.6) is 0 Å². The molecule has 4 rings (SSSR count).